The monoisotopic (exact) mass is 260 g/mol. The van der Waals surface area contributed by atoms with Crippen LogP contribution in [0.5, 0.6) is 0 Å². The molecule has 2 atom stereocenters. The second kappa shape index (κ2) is 7.20. The molecule has 0 saturated heterocycles. The molecule has 6 nitrogen and oxygen atoms in total. The van der Waals surface area contributed by atoms with Gasteiger partial charge in [0.05, 0.1) is 0 Å². The first-order chi connectivity index (χ1) is 8.15. The average Bonchev–Trinajstić information content (AvgIpc) is 2.20. The number of alkyl carbamates (subject to hydrolysis) is 1. The Bertz CT molecular complexity index is 286. The lowest BCUT2D eigenvalue weighted by Crippen LogP contribution is -2.47. The van der Waals surface area contributed by atoms with Gasteiger partial charge in [-0.25, -0.2) is 4.79 Å². The molecule has 0 aliphatic rings. The Morgan fingerprint density at radius 2 is 1.89 bits per heavy atom. The number of carbonyl (C=O) groups is 2. The van der Waals surface area contributed by atoms with Crippen LogP contribution in [0.1, 0.15) is 41.0 Å². The maximum absolute atomic E-state index is 11.4. The van der Waals surface area contributed by atoms with Crippen LogP contribution in [-0.4, -0.2) is 41.4 Å². The Hall–Kier alpha value is -1.30. The molecule has 18 heavy (non-hydrogen) atoms. The Labute approximate surface area is 108 Å². The minimum Gasteiger partial charge on any atom is -0.480 e. The van der Waals surface area contributed by atoms with Gasteiger partial charge in [0.1, 0.15) is 11.6 Å². The quantitative estimate of drug-likeness (QED) is 0.671. The van der Waals surface area contributed by atoms with Gasteiger partial charge in [0.25, 0.3) is 0 Å². The third-order valence-electron chi connectivity index (χ3n) is 2.14. The number of amides is 1. The fourth-order valence-electron chi connectivity index (χ4n) is 1.32. The highest BCUT2D eigenvalue weighted by Crippen LogP contribution is 2.06. The molecule has 0 heterocycles. The maximum atomic E-state index is 11.4. The van der Waals surface area contributed by atoms with Crippen molar-refractivity contribution in [2.75, 3.05) is 6.54 Å². The third-order valence-corrected chi connectivity index (χ3v) is 2.14. The standard InChI is InChI=1S/C12H24N2O4/c1-6-9(10(15)16)14-8(2)7-13-11(17)18-12(3,4)5/h8-9,14H,6-7H2,1-5H3,(H,13,17)(H,15,16). The molecular weight excluding hydrogens is 236 g/mol. The van der Waals surface area contributed by atoms with Gasteiger partial charge in [0.15, 0.2) is 0 Å². The number of aliphatic carboxylic acids is 1. The van der Waals surface area contributed by atoms with Gasteiger partial charge in [0.2, 0.25) is 0 Å². The molecule has 0 bridgehead atoms. The van der Waals surface area contributed by atoms with Gasteiger partial charge < -0.3 is 20.5 Å². The van der Waals surface area contributed by atoms with Gasteiger partial charge in [0, 0.05) is 12.6 Å². The molecule has 1 amide bonds. The molecule has 0 fully saturated rings. The summed E-state index contributed by atoms with van der Waals surface area (Å²) >= 11 is 0. The van der Waals surface area contributed by atoms with Crippen molar-refractivity contribution in [2.45, 2.75) is 58.7 Å². The van der Waals surface area contributed by atoms with E-state index in [9.17, 15) is 9.59 Å². The molecule has 0 spiro atoms. The van der Waals surface area contributed by atoms with Crippen molar-refractivity contribution in [3.8, 4) is 0 Å². The molecule has 6 heteroatoms. The molecule has 0 aliphatic heterocycles. The van der Waals surface area contributed by atoms with Crippen molar-refractivity contribution in [1.29, 1.82) is 0 Å². The summed E-state index contributed by atoms with van der Waals surface area (Å²) in [5.74, 6) is -0.887. The van der Waals surface area contributed by atoms with E-state index in [4.69, 9.17) is 9.84 Å². The highest BCUT2D eigenvalue weighted by molar-refractivity contribution is 5.73. The average molecular weight is 260 g/mol. The molecule has 0 radical (unpaired) electrons. The first-order valence-corrected chi connectivity index (χ1v) is 6.11. The summed E-state index contributed by atoms with van der Waals surface area (Å²) < 4.78 is 5.07. The van der Waals surface area contributed by atoms with E-state index in [-0.39, 0.29) is 6.04 Å². The van der Waals surface area contributed by atoms with Gasteiger partial charge in [-0.05, 0) is 34.1 Å². The van der Waals surface area contributed by atoms with E-state index in [2.05, 4.69) is 10.6 Å². The minimum absolute atomic E-state index is 0.140. The summed E-state index contributed by atoms with van der Waals surface area (Å²) in [7, 11) is 0. The van der Waals surface area contributed by atoms with E-state index in [0.29, 0.717) is 13.0 Å². The Kier molecular flexibility index (Phi) is 6.68. The van der Waals surface area contributed by atoms with Crippen LogP contribution in [0.2, 0.25) is 0 Å². The number of carboxylic acid groups (broad SMARTS) is 1. The van der Waals surface area contributed by atoms with E-state index in [1.54, 1.807) is 27.7 Å². The summed E-state index contributed by atoms with van der Waals surface area (Å²) in [5, 5.41) is 14.4. The second-order valence-corrected chi connectivity index (χ2v) is 5.25. The lowest BCUT2D eigenvalue weighted by molar-refractivity contribution is -0.139. The van der Waals surface area contributed by atoms with Gasteiger partial charge >= 0.3 is 12.1 Å². The molecule has 0 saturated carbocycles. The fourth-order valence-corrected chi connectivity index (χ4v) is 1.32. The van der Waals surface area contributed by atoms with Gasteiger partial charge in [-0.1, -0.05) is 6.92 Å². The summed E-state index contributed by atoms with van der Waals surface area (Å²) in [5.41, 5.74) is -0.534. The number of hydrogen-bond acceptors (Lipinski definition) is 4. The van der Waals surface area contributed by atoms with Crippen LogP contribution in [0.15, 0.2) is 0 Å². The summed E-state index contributed by atoms with van der Waals surface area (Å²) in [4.78, 5) is 22.2. The van der Waals surface area contributed by atoms with Crippen LogP contribution in [0.25, 0.3) is 0 Å². The number of rotatable bonds is 6. The normalized spacial score (nSPS) is 14.7. The molecule has 3 N–H and O–H groups in total. The number of hydrogen-bond donors (Lipinski definition) is 3. The molecule has 0 rings (SSSR count). The fraction of sp³-hybridized carbons (Fsp3) is 0.833. The zero-order valence-electron chi connectivity index (χ0n) is 11.7. The predicted octanol–water partition coefficient (Wildman–Crippen LogP) is 1.35. The lowest BCUT2D eigenvalue weighted by Gasteiger charge is -2.22. The maximum Gasteiger partial charge on any atom is 0.407 e. The van der Waals surface area contributed by atoms with Crippen LogP contribution in [-0.2, 0) is 9.53 Å². The Balaban J connectivity index is 4.00. The summed E-state index contributed by atoms with van der Waals surface area (Å²) in [6.45, 7) is 9.27. The molecule has 0 aromatic carbocycles. The van der Waals surface area contributed by atoms with Crippen molar-refractivity contribution in [3.05, 3.63) is 0 Å². The highest BCUT2D eigenvalue weighted by atomic mass is 16.6. The number of nitrogens with one attached hydrogen (secondary N) is 2. The predicted molar refractivity (Wildman–Crippen MR) is 68.5 cm³/mol. The smallest absolute Gasteiger partial charge is 0.407 e. The molecule has 0 aromatic heterocycles. The number of ether oxygens (including phenoxy) is 1. The molecule has 106 valence electrons. The van der Waals surface area contributed by atoms with E-state index in [1.807, 2.05) is 6.92 Å². The first-order valence-electron chi connectivity index (χ1n) is 6.11. The Morgan fingerprint density at radius 3 is 2.28 bits per heavy atom. The van der Waals surface area contributed by atoms with Crippen molar-refractivity contribution in [2.24, 2.45) is 0 Å². The van der Waals surface area contributed by atoms with Crippen LogP contribution in [0, 0.1) is 0 Å². The van der Waals surface area contributed by atoms with E-state index in [0.717, 1.165) is 0 Å². The van der Waals surface area contributed by atoms with Crippen LogP contribution < -0.4 is 10.6 Å². The molecule has 0 aliphatic carbocycles. The van der Waals surface area contributed by atoms with Gasteiger partial charge in [-0.15, -0.1) is 0 Å². The van der Waals surface area contributed by atoms with Crippen LogP contribution in [0.3, 0.4) is 0 Å². The summed E-state index contributed by atoms with van der Waals surface area (Å²) in [6, 6.07) is -0.737. The number of carbonyl (C=O) groups excluding carboxylic acids is 1. The van der Waals surface area contributed by atoms with E-state index >= 15 is 0 Å². The lowest BCUT2D eigenvalue weighted by atomic mass is 10.2. The Morgan fingerprint density at radius 1 is 1.33 bits per heavy atom. The van der Waals surface area contributed by atoms with Crippen molar-refractivity contribution in [1.82, 2.24) is 10.6 Å². The van der Waals surface area contributed by atoms with E-state index in [1.165, 1.54) is 0 Å². The topological polar surface area (TPSA) is 87.7 Å². The zero-order valence-corrected chi connectivity index (χ0v) is 11.7. The molecule has 2 unspecified atom stereocenters. The molecular formula is C12H24N2O4. The van der Waals surface area contributed by atoms with E-state index < -0.39 is 23.7 Å². The van der Waals surface area contributed by atoms with Gasteiger partial charge in [-0.2, -0.15) is 0 Å². The first kappa shape index (κ1) is 16.7. The molecule has 0 aromatic rings. The SMILES string of the molecule is CCC(NC(C)CNC(=O)OC(C)(C)C)C(=O)O. The highest BCUT2D eigenvalue weighted by Gasteiger charge is 2.19. The zero-order chi connectivity index (χ0) is 14.3. The van der Waals surface area contributed by atoms with Crippen molar-refractivity contribution < 1.29 is 19.4 Å². The summed E-state index contributed by atoms with van der Waals surface area (Å²) in [6.07, 6.45) is -0.00827. The van der Waals surface area contributed by atoms with Crippen LogP contribution in [0.4, 0.5) is 4.79 Å². The third kappa shape index (κ3) is 7.89. The second-order valence-electron chi connectivity index (χ2n) is 5.25. The van der Waals surface area contributed by atoms with Gasteiger partial charge in [-0.3, -0.25) is 4.79 Å². The van der Waals surface area contributed by atoms with Crippen molar-refractivity contribution >= 4 is 12.1 Å². The minimum atomic E-state index is -0.887. The largest absolute Gasteiger partial charge is 0.480 e. The van der Waals surface area contributed by atoms with Crippen molar-refractivity contribution in [3.63, 3.8) is 0 Å². The van der Waals surface area contributed by atoms with Crippen LogP contribution >= 0.6 is 0 Å². The number of carboxylic acids is 1.